The van der Waals surface area contributed by atoms with E-state index in [1.165, 1.54) is 13.2 Å². The molecule has 0 saturated heterocycles. The van der Waals surface area contributed by atoms with Crippen molar-refractivity contribution in [3.8, 4) is 5.75 Å². The first-order chi connectivity index (χ1) is 7.69. The smallest absolute Gasteiger partial charge is 0.311 e. The molecule has 1 aromatic rings. The van der Waals surface area contributed by atoms with Gasteiger partial charge in [0, 0.05) is 11.4 Å². The fourth-order valence-corrected chi connectivity index (χ4v) is 1.50. The monoisotopic (exact) mass is 285 g/mol. The zero-order valence-electron chi connectivity index (χ0n) is 8.85. The van der Waals surface area contributed by atoms with Crippen molar-refractivity contribution in [1.29, 1.82) is 0 Å². The van der Waals surface area contributed by atoms with E-state index in [1.807, 2.05) is 12.2 Å². The summed E-state index contributed by atoms with van der Waals surface area (Å²) in [4.78, 5) is 10.3. The highest BCUT2D eigenvalue weighted by Crippen LogP contribution is 2.27. The van der Waals surface area contributed by atoms with Crippen LogP contribution in [0.4, 0.5) is 5.69 Å². The second-order valence-corrected chi connectivity index (χ2v) is 3.86. The zero-order chi connectivity index (χ0) is 12.0. The van der Waals surface area contributed by atoms with E-state index >= 15 is 0 Å². The predicted molar refractivity (Wildman–Crippen MR) is 67.1 cm³/mol. The zero-order valence-corrected chi connectivity index (χ0v) is 10.4. The fourth-order valence-electron chi connectivity index (χ4n) is 1.24. The van der Waals surface area contributed by atoms with E-state index in [0.29, 0.717) is 0 Å². The third-order valence-corrected chi connectivity index (χ3v) is 2.44. The summed E-state index contributed by atoms with van der Waals surface area (Å²) in [5, 5.41) is 11.6. The van der Waals surface area contributed by atoms with Crippen LogP contribution in [0.1, 0.15) is 12.0 Å². The van der Waals surface area contributed by atoms with Crippen LogP contribution in [0.3, 0.4) is 0 Å². The number of halogens is 1. The molecule has 4 nitrogen and oxygen atoms in total. The summed E-state index contributed by atoms with van der Waals surface area (Å²) in [7, 11) is 1.42. The van der Waals surface area contributed by atoms with Crippen LogP contribution in [0.25, 0.3) is 6.08 Å². The number of nitro groups is 1. The fraction of sp³-hybridized carbons (Fsp3) is 0.273. The van der Waals surface area contributed by atoms with Crippen LogP contribution in [-0.2, 0) is 0 Å². The minimum absolute atomic E-state index is 0.0107. The van der Waals surface area contributed by atoms with Crippen LogP contribution < -0.4 is 4.74 Å². The first kappa shape index (κ1) is 12.7. The van der Waals surface area contributed by atoms with Gasteiger partial charge in [-0.25, -0.2) is 0 Å². The highest BCUT2D eigenvalue weighted by atomic mass is 79.9. The molecule has 0 bridgehead atoms. The van der Waals surface area contributed by atoms with Crippen molar-refractivity contribution in [3.05, 3.63) is 40.0 Å². The second kappa shape index (κ2) is 6.27. The van der Waals surface area contributed by atoms with Gasteiger partial charge in [0.2, 0.25) is 0 Å². The molecular formula is C11H12BrNO3. The number of nitrogens with zero attached hydrogens (tertiary/aromatic N) is 1. The molecule has 0 aromatic heterocycles. The molecule has 86 valence electrons. The molecule has 0 spiro atoms. The van der Waals surface area contributed by atoms with E-state index in [-0.39, 0.29) is 11.4 Å². The van der Waals surface area contributed by atoms with Crippen molar-refractivity contribution >= 4 is 27.7 Å². The molecule has 0 aliphatic carbocycles. The molecule has 16 heavy (non-hydrogen) atoms. The summed E-state index contributed by atoms with van der Waals surface area (Å²) in [6, 6.07) is 4.89. The van der Waals surface area contributed by atoms with E-state index in [0.717, 1.165) is 17.3 Å². The predicted octanol–water partition coefficient (Wildman–Crippen LogP) is 3.40. The van der Waals surface area contributed by atoms with Gasteiger partial charge in [0.1, 0.15) is 0 Å². The van der Waals surface area contributed by atoms with Crippen LogP contribution in [0.2, 0.25) is 0 Å². The van der Waals surface area contributed by atoms with Gasteiger partial charge in [-0.1, -0.05) is 34.1 Å². The molecule has 0 amide bonds. The lowest BCUT2D eigenvalue weighted by Gasteiger charge is -2.01. The van der Waals surface area contributed by atoms with E-state index in [4.69, 9.17) is 4.74 Å². The Kier molecular flexibility index (Phi) is 4.98. The first-order valence-electron chi connectivity index (χ1n) is 4.74. The normalized spacial score (nSPS) is 10.6. The Balaban J connectivity index is 2.98. The quantitative estimate of drug-likeness (QED) is 0.473. The molecule has 0 aliphatic heterocycles. The van der Waals surface area contributed by atoms with Crippen LogP contribution in [0.5, 0.6) is 5.75 Å². The van der Waals surface area contributed by atoms with Crippen molar-refractivity contribution < 1.29 is 9.66 Å². The summed E-state index contributed by atoms with van der Waals surface area (Å²) >= 11 is 3.30. The molecule has 0 fully saturated rings. The lowest BCUT2D eigenvalue weighted by atomic mass is 10.1. The van der Waals surface area contributed by atoms with Gasteiger partial charge < -0.3 is 4.74 Å². The van der Waals surface area contributed by atoms with E-state index in [1.54, 1.807) is 12.1 Å². The Hall–Kier alpha value is -1.36. The molecule has 0 saturated carbocycles. The molecule has 0 atom stereocenters. The largest absolute Gasteiger partial charge is 0.490 e. The van der Waals surface area contributed by atoms with Gasteiger partial charge >= 0.3 is 5.69 Å². The Morgan fingerprint density at radius 3 is 2.88 bits per heavy atom. The number of allylic oxidation sites excluding steroid dienone is 1. The number of benzene rings is 1. The Morgan fingerprint density at radius 2 is 2.31 bits per heavy atom. The molecule has 0 aliphatic rings. The molecule has 5 heteroatoms. The van der Waals surface area contributed by atoms with E-state index in [2.05, 4.69) is 15.9 Å². The third-order valence-electron chi connectivity index (χ3n) is 1.99. The summed E-state index contributed by atoms with van der Waals surface area (Å²) in [6.07, 6.45) is 4.70. The van der Waals surface area contributed by atoms with Crippen LogP contribution in [0, 0.1) is 10.1 Å². The molecule has 1 rings (SSSR count). The van der Waals surface area contributed by atoms with Crippen LogP contribution >= 0.6 is 15.9 Å². The number of rotatable bonds is 5. The number of alkyl halides is 1. The Bertz CT molecular complexity index is 404. The Morgan fingerprint density at radius 1 is 1.56 bits per heavy atom. The van der Waals surface area contributed by atoms with Gasteiger partial charge in [0.25, 0.3) is 0 Å². The summed E-state index contributed by atoms with van der Waals surface area (Å²) < 4.78 is 4.91. The van der Waals surface area contributed by atoms with E-state index < -0.39 is 4.92 Å². The maximum atomic E-state index is 10.8. The van der Waals surface area contributed by atoms with Crippen LogP contribution in [0.15, 0.2) is 24.3 Å². The molecule has 1 aromatic carbocycles. The van der Waals surface area contributed by atoms with Gasteiger partial charge in [-0.05, 0) is 18.1 Å². The Labute approximate surface area is 102 Å². The van der Waals surface area contributed by atoms with E-state index in [9.17, 15) is 10.1 Å². The lowest BCUT2D eigenvalue weighted by Crippen LogP contribution is -1.93. The average molecular weight is 286 g/mol. The number of nitro benzene ring substituents is 1. The van der Waals surface area contributed by atoms with Gasteiger partial charge in [0.15, 0.2) is 5.75 Å². The SMILES string of the molecule is COc1ccc(C=CCCBr)cc1[N+](=O)[O-]. The maximum absolute atomic E-state index is 10.8. The topological polar surface area (TPSA) is 52.4 Å². The van der Waals surface area contributed by atoms with Crippen molar-refractivity contribution in [2.45, 2.75) is 6.42 Å². The second-order valence-electron chi connectivity index (χ2n) is 3.07. The minimum atomic E-state index is -0.444. The highest BCUT2D eigenvalue weighted by Gasteiger charge is 2.13. The number of ether oxygens (including phenoxy) is 1. The summed E-state index contributed by atoms with van der Waals surface area (Å²) in [6.45, 7) is 0. The van der Waals surface area contributed by atoms with Crippen molar-refractivity contribution in [3.63, 3.8) is 0 Å². The molecule has 0 unspecified atom stereocenters. The van der Waals surface area contributed by atoms with Crippen molar-refractivity contribution in [2.75, 3.05) is 12.4 Å². The average Bonchev–Trinajstić information content (AvgIpc) is 2.29. The van der Waals surface area contributed by atoms with Gasteiger partial charge in [-0.15, -0.1) is 0 Å². The van der Waals surface area contributed by atoms with Crippen molar-refractivity contribution in [2.24, 2.45) is 0 Å². The lowest BCUT2D eigenvalue weighted by molar-refractivity contribution is -0.385. The molecule has 0 heterocycles. The minimum Gasteiger partial charge on any atom is -0.490 e. The number of hydrogen-bond donors (Lipinski definition) is 0. The summed E-state index contributed by atoms with van der Waals surface area (Å²) in [5.41, 5.74) is 0.789. The molecular weight excluding hydrogens is 274 g/mol. The van der Waals surface area contributed by atoms with Gasteiger partial charge in [-0.3, -0.25) is 10.1 Å². The van der Waals surface area contributed by atoms with Gasteiger partial charge in [-0.2, -0.15) is 0 Å². The standard InChI is InChI=1S/C11H12BrNO3/c1-16-11-6-5-9(4-2-3-7-12)8-10(11)13(14)15/h2,4-6,8H,3,7H2,1H3. The third kappa shape index (κ3) is 3.34. The van der Waals surface area contributed by atoms with Gasteiger partial charge in [0.05, 0.1) is 12.0 Å². The van der Waals surface area contributed by atoms with Crippen LogP contribution in [-0.4, -0.2) is 17.4 Å². The number of methoxy groups -OCH3 is 1. The first-order valence-corrected chi connectivity index (χ1v) is 5.86. The highest BCUT2D eigenvalue weighted by molar-refractivity contribution is 9.09. The number of hydrogen-bond acceptors (Lipinski definition) is 3. The summed E-state index contributed by atoms with van der Waals surface area (Å²) in [5.74, 6) is 0.280. The molecule has 0 radical (unpaired) electrons. The van der Waals surface area contributed by atoms with Crippen molar-refractivity contribution in [1.82, 2.24) is 0 Å². The maximum Gasteiger partial charge on any atom is 0.311 e. The molecule has 0 N–H and O–H groups in total.